The zero-order valence-corrected chi connectivity index (χ0v) is 14.3. The number of esters is 1. The van der Waals surface area contributed by atoms with Crippen LogP contribution in [0.15, 0.2) is 0 Å². The Labute approximate surface area is 134 Å². The molecule has 0 aromatic rings. The number of carbonyl (C=O) groups excluding carboxylic acids is 3. The summed E-state index contributed by atoms with van der Waals surface area (Å²) in [7, 11) is -3.62. The van der Waals surface area contributed by atoms with Gasteiger partial charge in [-0.15, -0.1) is 0 Å². The van der Waals surface area contributed by atoms with Gasteiger partial charge in [0, 0.05) is 12.7 Å². The second-order valence-corrected chi connectivity index (χ2v) is 7.63. The number of nitrogens with zero attached hydrogens (tertiary/aromatic N) is 2. The number of ether oxygens (including phenoxy) is 1. The molecule has 0 saturated carbocycles. The topological polar surface area (TPSA) is 143 Å². The molecule has 0 aliphatic carbocycles. The van der Waals surface area contributed by atoms with E-state index in [-0.39, 0.29) is 12.8 Å². The van der Waals surface area contributed by atoms with E-state index in [4.69, 9.17) is 10.3 Å². The quantitative estimate of drug-likeness (QED) is 0.258. The molecule has 1 N–H and O–H groups in total. The van der Waals surface area contributed by atoms with Gasteiger partial charge in [0.05, 0.1) is 6.10 Å². The molecular formula is C13H21N3O6S. The zero-order valence-electron chi connectivity index (χ0n) is 13.5. The fourth-order valence-electron chi connectivity index (χ4n) is 1.46. The predicted octanol–water partition coefficient (Wildman–Crippen LogP) is -0.494. The molecule has 1 amide bonds. The standard InChI is InChI=1S/C13H21N3O6S/c1-8(2)22-13(19)11(6-5-10(17)7-15-14)16-12(18)9(3)23(4,20)21/h7-9,11H,5-6H2,1-4H3,(H,16,18)/t9-,11-/m0/s1. The molecular weight excluding hydrogens is 326 g/mol. The summed E-state index contributed by atoms with van der Waals surface area (Å²) in [5, 5.41) is 0.933. The number of hydrogen-bond donors (Lipinski definition) is 1. The van der Waals surface area contributed by atoms with Crippen molar-refractivity contribution in [1.82, 2.24) is 5.32 Å². The summed E-state index contributed by atoms with van der Waals surface area (Å²) in [5.74, 6) is -2.19. The first kappa shape index (κ1) is 20.9. The van der Waals surface area contributed by atoms with Crippen LogP contribution in [-0.2, 0) is 29.0 Å². The second kappa shape index (κ2) is 9.16. The third kappa shape index (κ3) is 8.22. The van der Waals surface area contributed by atoms with E-state index < -0.39 is 44.9 Å². The lowest BCUT2D eigenvalue weighted by Gasteiger charge is -2.20. The number of sulfone groups is 1. The smallest absolute Gasteiger partial charge is 0.328 e. The van der Waals surface area contributed by atoms with Gasteiger partial charge in [-0.25, -0.2) is 13.2 Å². The van der Waals surface area contributed by atoms with Crippen molar-refractivity contribution in [2.45, 2.75) is 51.0 Å². The average molecular weight is 347 g/mol. The predicted molar refractivity (Wildman–Crippen MR) is 81.4 cm³/mol. The number of carbonyl (C=O) groups is 3. The third-order valence-electron chi connectivity index (χ3n) is 2.85. The van der Waals surface area contributed by atoms with E-state index in [0.29, 0.717) is 6.21 Å². The first-order valence-electron chi connectivity index (χ1n) is 6.89. The van der Waals surface area contributed by atoms with E-state index >= 15 is 0 Å². The van der Waals surface area contributed by atoms with Gasteiger partial charge in [0.1, 0.15) is 11.3 Å². The van der Waals surface area contributed by atoms with Crippen molar-refractivity contribution in [3.8, 4) is 0 Å². The summed E-state index contributed by atoms with van der Waals surface area (Å²) in [6.45, 7) is 4.41. The molecule has 0 aliphatic heterocycles. The molecule has 0 aliphatic rings. The molecule has 9 nitrogen and oxygen atoms in total. The van der Waals surface area contributed by atoms with Gasteiger partial charge < -0.3 is 15.6 Å². The molecule has 0 aromatic heterocycles. The minimum atomic E-state index is -3.62. The lowest BCUT2D eigenvalue weighted by molar-refractivity contribution is -0.151. The maximum absolute atomic E-state index is 12.0. The molecule has 10 heteroatoms. The van der Waals surface area contributed by atoms with Crippen LogP contribution in [0.4, 0.5) is 0 Å². The highest BCUT2D eigenvalue weighted by atomic mass is 32.2. The Kier molecular flexibility index (Phi) is 8.34. The van der Waals surface area contributed by atoms with E-state index in [1.807, 2.05) is 0 Å². The second-order valence-electron chi connectivity index (χ2n) is 5.27. The average Bonchev–Trinajstić information content (AvgIpc) is 2.40. The summed E-state index contributed by atoms with van der Waals surface area (Å²) in [5.41, 5.74) is 8.26. The molecule has 23 heavy (non-hydrogen) atoms. The van der Waals surface area contributed by atoms with Crippen molar-refractivity contribution in [1.29, 1.82) is 0 Å². The molecule has 0 fully saturated rings. The van der Waals surface area contributed by atoms with Gasteiger partial charge in [0.2, 0.25) is 11.7 Å². The molecule has 2 atom stereocenters. The van der Waals surface area contributed by atoms with Crippen molar-refractivity contribution in [2.75, 3.05) is 6.26 Å². The number of hydrogen-bond acceptors (Lipinski definition) is 6. The summed E-state index contributed by atoms with van der Waals surface area (Å²) in [4.78, 5) is 37.7. The normalized spacial score (nSPS) is 13.6. The Morgan fingerprint density at radius 2 is 1.83 bits per heavy atom. The largest absolute Gasteiger partial charge is 0.461 e. The fraction of sp³-hybridized carbons (Fsp3) is 0.692. The Morgan fingerprint density at radius 3 is 2.26 bits per heavy atom. The van der Waals surface area contributed by atoms with E-state index in [1.54, 1.807) is 13.8 Å². The number of Topliss-reactive ketones (excluding diaryl/α,β-unsaturated/α-hetero) is 1. The van der Waals surface area contributed by atoms with E-state index in [9.17, 15) is 22.8 Å². The first-order chi connectivity index (χ1) is 10.5. The number of nitrogens with one attached hydrogen (secondary N) is 1. The van der Waals surface area contributed by atoms with Crippen molar-refractivity contribution in [3.05, 3.63) is 5.53 Å². The molecule has 0 unspecified atom stereocenters. The summed E-state index contributed by atoms with van der Waals surface area (Å²) in [6, 6.07) is -1.18. The van der Waals surface area contributed by atoms with Gasteiger partial charge in [0.15, 0.2) is 9.84 Å². The summed E-state index contributed by atoms with van der Waals surface area (Å²) < 4.78 is 27.7. The SMILES string of the molecule is CC(C)OC(=O)[C@H](CCC(=O)C=[N+]=[N-])NC(=O)[C@H](C)S(C)(=O)=O. The number of amides is 1. The van der Waals surface area contributed by atoms with Crippen LogP contribution in [-0.4, -0.2) is 60.7 Å². The molecule has 0 bridgehead atoms. The summed E-state index contributed by atoms with van der Waals surface area (Å²) in [6.07, 6.45) is 0.837. The third-order valence-corrected chi connectivity index (χ3v) is 4.34. The Bertz CT molecular complexity index is 607. The Morgan fingerprint density at radius 1 is 1.26 bits per heavy atom. The van der Waals surface area contributed by atoms with Crippen molar-refractivity contribution >= 4 is 33.7 Å². The van der Waals surface area contributed by atoms with Gasteiger partial charge in [-0.05, 0) is 27.2 Å². The number of ketones is 1. The Balaban J connectivity index is 5.04. The number of rotatable bonds is 9. The van der Waals surface area contributed by atoms with Crippen LogP contribution in [0, 0.1) is 0 Å². The lowest BCUT2D eigenvalue weighted by atomic mass is 10.1. The minimum absolute atomic E-state index is 0.112. The first-order valence-corrected chi connectivity index (χ1v) is 8.84. The van der Waals surface area contributed by atoms with E-state index in [1.165, 1.54) is 6.92 Å². The highest BCUT2D eigenvalue weighted by Crippen LogP contribution is 2.06. The highest BCUT2D eigenvalue weighted by molar-refractivity contribution is 7.92. The Hall–Kier alpha value is -2.06. The van der Waals surface area contributed by atoms with E-state index in [2.05, 4.69) is 10.1 Å². The monoisotopic (exact) mass is 347 g/mol. The molecule has 0 heterocycles. The molecule has 0 spiro atoms. The highest BCUT2D eigenvalue weighted by Gasteiger charge is 2.30. The zero-order chi connectivity index (χ0) is 18.2. The van der Waals surface area contributed by atoms with Crippen LogP contribution in [0.2, 0.25) is 0 Å². The molecule has 0 radical (unpaired) electrons. The van der Waals surface area contributed by atoms with Crippen molar-refractivity contribution < 1.29 is 32.3 Å². The molecule has 0 rings (SSSR count). The molecule has 0 aromatic carbocycles. The van der Waals surface area contributed by atoms with Gasteiger partial charge in [-0.1, -0.05) is 0 Å². The molecule has 130 valence electrons. The van der Waals surface area contributed by atoms with Crippen LogP contribution >= 0.6 is 0 Å². The lowest BCUT2D eigenvalue weighted by Crippen LogP contribution is -2.47. The maximum atomic E-state index is 12.0. The van der Waals surface area contributed by atoms with Crippen LogP contribution in [0.3, 0.4) is 0 Å². The molecule has 0 saturated heterocycles. The van der Waals surface area contributed by atoms with Crippen LogP contribution in [0.5, 0.6) is 0 Å². The van der Waals surface area contributed by atoms with Gasteiger partial charge >= 0.3 is 12.2 Å². The van der Waals surface area contributed by atoms with Gasteiger partial charge in [-0.2, -0.15) is 4.79 Å². The van der Waals surface area contributed by atoms with Crippen molar-refractivity contribution in [3.63, 3.8) is 0 Å². The van der Waals surface area contributed by atoms with Gasteiger partial charge in [0.25, 0.3) is 0 Å². The minimum Gasteiger partial charge on any atom is -0.461 e. The van der Waals surface area contributed by atoms with Crippen LogP contribution in [0.25, 0.3) is 5.53 Å². The maximum Gasteiger partial charge on any atom is 0.328 e. The summed E-state index contributed by atoms with van der Waals surface area (Å²) >= 11 is 0. The fourth-order valence-corrected chi connectivity index (χ4v) is 1.92. The van der Waals surface area contributed by atoms with Crippen LogP contribution < -0.4 is 5.32 Å². The van der Waals surface area contributed by atoms with Crippen LogP contribution in [0.1, 0.15) is 33.6 Å². The van der Waals surface area contributed by atoms with Gasteiger partial charge in [-0.3, -0.25) is 9.59 Å². The van der Waals surface area contributed by atoms with Crippen molar-refractivity contribution in [2.24, 2.45) is 0 Å². The van der Waals surface area contributed by atoms with E-state index in [0.717, 1.165) is 6.26 Å².